The highest BCUT2D eigenvalue weighted by atomic mass is 32.2. The highest BCUT2D eigenvalue weighted by molar-refractivity contribution is 7.84. The predicted molar refractivity (Wildman–Crippen MR) is 74.5 cm³/mol. The average Bonchev–Trinajstić information content (AvgIpc) is 2.39. The molecule has 1 heterocycles. The summed E-state index contributed by atoms with van der Waals surface area (Å²) in [6.07, 6.45) is 4.38. The first kappa shape index (κ1) is 14.2. The number of pyridine rings is 1. The van der Waals surface area contributed by atoms with Crippen molar-refractivity contribution >= 4 is 16.8 Å². The van der Waals surface area contributed by atoms with Crippen molar-refractivity contribution in [2.24, 2.45) is 5.92 Å². The second-order valence-corrected chi connectivity index (χ2v) is 6.96. The Kier molecular flexibility index (Phi) is 4.69. The van der Waals surface area contributed by atoms with Crippen molar-refractivity contribution in [3.63, 3.8) is 0 Å². The molecule has 0 spiro atoms. The van der Waals surface area contributed by atoms with Crippen LogP contribution >= 0.6 is 0 Å². The van der Waals surface area contributed by atoms with Crippen LogP contribution in [0.15, 0.2) is 18.2 Å². The molecule has 1 saturated carbocycles. The van der Waals surface area contributed by atoms with Crippen molar-refractivity contribution in [3.05, 3.63) is 29.6 Å². The van der Waals surface area contributed by atoms with E-state index in [4.69, 9.17) is 5.11 Å². The maximum Gasteiger partial charge on any atom is 0.354 e. The quantitative estimate of drug-likeness (QED) is 0.921. The van der Waals surface area contributed by atoms with E-state index < -0.39 is 16.8 Å². The monoisotopic (exact) mass is 281 g/mol. The van der Waals surface area contributed by atoms with Gasteiger partial charge < -0.3 is 5.11 Å². The van der Waals surface area contributed by atoms with E-state index in [9.17, 15) is 9.00 Å². The maximum atomic E-state index is 12.3. The van der Waals surface area contributed by atoms with Crippen LogP contribution in [0.25, 0.3) is 0 Å². The summed E-state index contributed by atoms with van der Waals surface area (Å²) in [6.45, 7) is 2.20. The minimum atomic E-state index is -1.04. The van der Waals surface area contributed by atoms with Crippen molar-refractivity contribution in [1.82, 2.24) is 4.98 Å². The Hall–Kier alpha value is -1.23. The summed E-state index contributed by atoms with van der Waals surface area (Å²) in [5.74, 6) is -0.0432. The molecule has 1 aliphatic rings. The molecule has 1 aromatic heterocycles. The summed E-state index contributed by atoms with van der Waals surface area (Å²) < 4.78 is 12.3. The number of carboxylic acid groups (broad SMARTS) is 1. The molecule has 3 atom stereocenters. The highest BCUT2D eigenvalue weighted by Gasteiger charge is 2.24. The van der Waals surface area contributed by atoms with E-state index in [-0.39, 0.29) is 10.9 Å². The van der Waals surface area contributed by atoms with Crippen LogP contribution in [0.1, 0.15) is 48.8 Å². The van der Waals surface area contributed by atoms with Crippen LogP contribution in [0.3, 0.4) is 0 Å². The van der Waals surface area contributed by atoms with E-state index in [0.29, 0.717) is 17.4 Å². The van der Waals surface area contributed by atoms with Crippen molar-refractivity contribution in [3.8, 4) is 0 Å². The number of rotatable bonds is 4. The van der Waals surface area contributed by atoms with E-state index >= 15 is 0 Å². The van der Waals surface area contributed by atoms with E-state index in [2.05, 4.69) is 11.9 Å². The van der Waals surface area contributed by atoms with Gasteiger partial charge in [-0.05, 0) is 30.9 Å². The van der Waals surface area contributed by atoms with Crippen molar-refractivity contribution in [2.75, 3.05) is 0 Å². The third kappa shape index (κ3) is 3.86. The van der Waals surface area contributed by atoms with Gasteiger partial charge in [-0.2, -0.15) is 0 Å². The molecule has 0 aliphatic heterocycles. The molecule has 1 aliphatic carbocycles. The molecule has 0 bridgehead atoms. The van der Waals surface area contributed by atoms with Crippen molar-refractivity contribution < 1.29 is 14.1 Å². The molecule has 1 N–H and O–H groups in total. The first-order valence-corrected chi connectivity index (χ1v) is 8.01. The molecule has 19 heavy (non-hydrogen) atoms. The maximum absolute atomic E-state index is 12.3. The van der Waals surface area contributed by atoms with Crippen molar-refractivity contribution in [2.45, 2.75) is 43.6 Å². The summed E-state index contributed by atoms with van der Waals surface area (Å²) in [7, 11) is -0.955. The van der Waals surface area contributed by atoms with Gasteiger partial charge in [-0.3, -0.25) is 4.21 Å². The van der Waals surface area contributed by atoms with Gasteiger partial charge in [-0.1, -0.05) is 25.8 Å². The largest absolute Gasteiger partial charge is 0.477 e. The molecule has 0 radical (unpaired) electrons. The van der Waals surface area contributed by atoms with Gasteiger partial charge in [0.15, 0.2) is 0 Å². The number of hydrogen-bond acceptors (Lipinski definition) is 3. The van der Waals surface area contributed by atoms with Crippen LogP contribution in [0, 0.1) is 5.92 Å². The van der Waals surface area contributed by atoms with Gasteiger partial charge in [0.2, 0.25) is 0 Å². The molecule has 3 unspecified atom stereocenters. The highest BCUT2D eigenvalue weighted by Crippen LogP contribution is 2.28. The third-order valence-electron chi connectivity index (χ3n) is 3.58. The lowest BCUT2D eigenvalue weighted by atomic mass is 9.91. The van der Waals surface area contributed by atoms with Gasteiger partial charge >= 0.3 is 5.97 Å². The molecular formula is C14H19NO3S. The number of aromatic nitrogens is 1. The zero-order valence-corrected chi connectivity index (χ0v) is 11.9. The smallest absolute Gasteiger partial charge is 0.354 e. The molecule has 2 rings (SSSR count). The molecular weight excluding hydrogens is 262 g/mol. The normalized spacial score (nSPS) is 24.9. The second kappa shape index (κ2) is 6.28. The van der Waals surface area contributed by atoms with Crippen LogP contribution in [0.4, 0.5) is 0 Å². The summed E-state index contributed by atoms with van der Waals surface area (Å²) in [6, 6.07) is 4.86. The summed E-state index contributed by atoms with van der Waals surface area (Å²) in [5.41, 5.74) is 0.628. The number of nitrogens with zero attached hydrogens (tertiary/aromatic N) is 1. The Morgan fingerprint density at radius 2 is 2.26 bits per heavy atom. The van der Waals surface area contributed by atoms with Crippen LogP contribution in [0.5, 0.6) is 0 Å². The van der Waals surface area contributed by atoms with Gasteiger partial charge in [0.1, 0.15) is 5.69 Å². The van der Waals surface area contributed by atoms with Gasteiger partial charge in [0.05, 0.1) is 11.4 Å². The molecule has 0 aromatic carbocycles. The predicted octanol–water partition coefficient (Wildman–Crippen LogP) is 2.61. The van der Waals surface area contributed by atoms with Gasteiger partial charge in [-0.25, -0.2) is 9.78 Å². The second-order valence-electron chi connectivity index (χ2n) is 5.24. The van der Waals surface area contributed by atoms with Gasteiger partial charge in [-0.15, -0.1) is 0 Å². The van der Waals surface area contributed by atoms with Crippen LogP contribution < -0.4 is 0 Å². The van der Waals surface area contributed by atoms with Crippen LogP contribution in [-0.4, -0.2) is 25.5 Å². The van der Waals surface area contributed by atoms with Gasteiger partial charge in [0, 0.05) is 16.0 Å². The lowest BCUT2D eigenvalue weighted by Gasteiger charge is -2.25. The lowest BCUT2D eigenvalue weighted by Crippen LogP contribution is -2.24. The summed E-state index contributed by atoms with van der Waals surface area (Å²) >= 11 is 0. The Labute approximate surface area is 115 Å². The van der Waals surface area contributed by atoms with E-state index in [1.54, 1.807) is 12.1 Å². The molecule has 0 saturated heterocycles. The number of aromatic carboxylic acids is 1. The van der Waals surface area contributed by atoms with E-state index in [1.807, 2.05) is 0 Å². The Morgan fingerprint density at radius 1 is 1.47 bits per heavy atom. The summed E-state index contributed by atoms with van der Waals surface area (Å²) in [5, 5.41) is 9.12. The zero-order valence-electron chi connectivity index (χ0n) is 11.0. The number of carbonyl (C=O) groups is 1. The molecule has 1 aromatic rings. The Balaban J connectivity index is 2.02. The summed E-state index contributed by atoms with van der Waals surface area (Å²) in [4.78, 5) is 14.9. The first-order chi connectivity index (χ1) is 9.06. The lowest BCUT2D eigenvalue weighted by molar-refractivity contribution is 0.0690. The minimum Gasteiger partial charge on any atom is -0.477 e. The molecule has 0 amide bonds. The first-order valence-electron chi connectivity index (χ1n) is 6.62. The van der Waals surface area contributed by atoms with Crippen LogP contribution in [0.2, 0.25) is 0 Å². The van der Waals surface area contributed by atoms with E-state index in [0.717, 1.165) is 19.3 Å². The topological polar surface area (TPSA) is 67.3 Å². The zero-order chi connectivity index (χ0) is 13.8. The van der Waals surface area contributed by atoms with Crippen molar-refractivity contribution in [1.29, 1.82) is 0 Å². The van der Waals surface area contributed by atoms with Gasteiger partial charge in [0.25, 0.3) is 0 Å². The fourth-order valence-corrected chi connectivity index (χ4v) is 4.22. The fourth-order valence-electron chi connectivity index (χ4n) is 2.56. The molecule has 5 heteroatoms. The van der Waals surface area contributed by atoms with E-state index in [1.165, 1.54) is 12.5 Å². The third-order valence-corrected chi connectivity index (χ3v) is 5.33. The molecule has 4 nitrogen and oxygen atoms in total. The Morgan fingerprint density at radius 3 is 2.95 bits per heavy atom. The SMILES string of the molecule is CC1CCCC(S(=O)Cc2cccc(C(=O)O)n2)C1. The molecule has 1 fully saturated rings. The number of hydrogen-bond donors (Lipinski definition) is 1. The Bertz CT molecular complexity index is 489. The minimum absolute atomic E-state index is 0.0199. The average molecular weight is 281 g/mol. The standard InChI is InChI=1S/C14H19NO3S/c1-10-4-2-6-12(8-10)19(18)9-11-5-3-7-13(15-11)14(16)17/h3,5,7,10,12H,2,4,6,8-9H2,1H3,(H,16,17). The molecule has 104 valence electrons. The number of carboxylic acids is 1. The van der Waals surface area contributed by atoms with Crippen LogP contribution in [-0.2, 0) is 16.6 Å². The fraction of sp³-hybridized carbons (Fsp3) is 0.571.